The third kappa shape index (κ3) is 2.45. The van der Waals surface area contributed by atoms with Crippen LogP contribution in [0, 0.1) is 0 Å². The van der Waals surface area contributed by atoms with E-state index >= 15 is 0 Å². The third-order valence-electron chi connectivity index (χ3n) is 10.5. The van der Waals surface area contributed by atoms with E-state index in [2.05, 4.69) is 78.1 Å². The van der Waals surface area contributed by atoms with E-state index in [9.17, 15) is 4.79 Å². The molecule has 38 heavy (non-hydrogen) atoms. The molecular weight excluding hydrogens is 474 g/mol. The number of benzene rings is 2. The number of hydrogen-bond acceptors (Lipinski definition) is 5. The minimum Gasteiger partial charge on any atom is -0.469 e. The predicted octanol–water partition coefficient (Wildman–Crippen LogP) is 4.66. The van der Waals surface area contributed by atoms with E-state index in [4.69, 9.17) is 9.47 Å². The molecule has 1 amide bonds. The first-order chi connectivity index (χ1) is 18.4. The third-order valence-corrected chi connectivity index (χ3v) is 10.5. The maximum absolute atomic E-state index is 13.9. The van der Waals surface area contributed by atoms with Gasteiger partial charge in [-0.25, -0.2) is 0 Å². The lowest BCUT2D eigenvalue weighted by Gasteiger charge is -2.61. The van der Waals surface area contributed by atoms with Crippen LogP contribution in [0.2, 0.25) is 0 Å². The number of carbonyl (C=O) groups is 1. The van der Waals surface area contributed by atoms with Crippen molar-refractivity contribution in [3.05, 3.63) is 83.5 Å². The van der Waals surface area contributed by atoms with Crippen LogP contribution in [0.1, 0.15) is 56.3 Å². The Kier molecular flexibility index (Phi) is 4.39. The van der Waals surface area contributed by atoms with Gasteiger partial charge in [-0.1, -0.05) is 48.6 Å². The number of likely N-dealkylation sites (N-methyl/N-ethyl adjacent to an activating group) is 1. The molecule has 7 atom stereocenters. The van der Waals surface area contributed by atoms with Crippen molar-refractivity contribution in [2.45, 2.75) is 74.6 Å². The van der Waals surface area contributed by atoms with Crippen LogP contribution in [-0.2, 0) is 20.4 Å². The average molecular weight is 510 g/mol. The molecule has 2 spiro atoms. The highest BCUT2D eigenvalue weighted by Crippen LogP contribution is 2.72. The minimum atomic E-state index is -0.280. The Morgan fingerprint density at radius 1 is 1.03 bits per heavy atom. The fourth-order valence-electron chi connectivity index (χ4n) is 9.11. The van der Waals surface area contributed by atoms with E-state index < -0.39 is 0 Å². The number of para-hydroxylation sites is 1. The van der Waals surface area contributed by atoms with Crippen LogP contribution in [0.3, 0.4) is 0 Å². The largest absolute Gasteiger partial charge is 0.469 e. The number of piperidine rings is 1. The van der Waals surface area contributed by atoms with Crippen molar-refractivity contribution in [1.82, 2.24) is 9.80 Å². The van der Waals surface area contributed by atoms with Gasteiger partial charge < -0.3 is 19.3 Å². The van der Waals surface area contributed by atoms with Gasteiger partial charge in [0, 0.05) is 42.9 Å². The maximum atomic E-state index is 13.9. The van der Waals surface area contributed by atoms with E-state index in [1.165, 1.54) is 22.4 Å². The summed E-state index contributed by atoms with van der Waals surface area (Å²) in [5.74, 6) is 1.04. The number of amides is 1. The first kappa shape index (κ1) is 22.9. The highest BCUT2D eigenvalue weighted by Gasteiger charge is 2.78. The fourth-order valence-corrected chi connectivity index (χ4v) is 9.11. The number of epoxide rings is 1. The fraction of sp³-hybridized carbons (Fsp3) is 0.469. The number of ether oxygens (including phenoxy) is 2. The van der Waals surface area contributed by atoms with Gasteiger partial charge in [-0.2, -0.15) is 0 Å². The van der Waals surface area contributed by atoms with Gasteiger partial charge in [-0.3, -0.25) is 9.69 Å². The lowest BCUT2D eigenvalue weighted by Crippen LogP contribution is -2.72. The molecule has 2 aromatic carbocycles. The molecule has 6 nitrogen and oxygen atoms in total. The SMILES string of the molecule is C/C=C/C=C/C(=O)N1CC[C@@]23c4ccccc4O[C@@H]4N(C)c5cccc6c5[C@@]42CCN([C@@H]13)[C@@H]6C1OC1(C)C. The molecule has 6 heterocycles. The van der Waals surface area contributed by atoms with E-state index in [1.807, 2.05) is 25.2 Å². The predicted molar refractivity (Wildman–Crippen MR) is 146 cm³/mol. The summed E-state index contributed by atoms with van der Waals surface area (Å²) < 4.78 is 13.4. The molecule has 6 aliphatic rings. The van der Waals surface area contributed by atoms with Crippen molar-refractivity contribution in [2.75, 3.05) is 25.0 Å². The molecule has 0 radical (unpaired) electrons. The Morgan fingerprint density at radius 3 is 2.61 bits per heavy atom. The molecule has 6 heteroatoms. The number of anilines is 1. The summed E-state index contributed by atoms with van der Waals surface area (Å²) in [4.78, 5) is 21.1. The molecule has 196 valence electrons. The number of allylic oxidation sites excluding steroid dienone is 3. The van der Waals surface area contributed by atoms with Crippen molar-refractivity contribution in [1.29, 1.82) is 0 Å². The summed E-state index contributed by atoms with van der Waals surface area (Å²) in [6.45, 7) is 8.00. The van der Waals surface area contributed by atoms with Gasteiger partial charge in [0.25, 0.3) is 0 Å². The Labute approximate surface area is 224 Å². The Hall–Kier alpha value is -3.09. The highest BCUT2D eigenvalue weighted by atomic mass is 16.6. The normalized spacial score (nSPS) is 38.7. The minimum absolute atomic E-state index is 0.0803. The Balaban J connectivity index is 1.44. The van der Waals surface area contributed by atoms with E-state index in [-0.39, 0.29) is 46.9 Å². The summed E-state index contributed by atoms with van der Waals surface area (Å²) in [6, 6.07) is 15.5. The highest BCUT2D eigenvalue weighted by molar-refractivity contribution is 5.89. The van der Waals surface area contributed by atoms with Crippen molar-refractivity contribution in [2.24, 2.45) is 0 Å². The van der Waals surface area contributed by atoms with Crippen LogP contribution in [0.15, 0.2) is 66.8 Å². The molecule has 3 saturated heterocycles. The summed E-state index contributed by atoms with van der Waals surface area (Å²) in [7, 11) is 2.19. The van der Waals surface area contributed by atoms with Gasteiger partial charge in [0.05, 0.1) is 23.2 Å². The zero-order chi connectivity index (χ0) is 26.0. The molecule has 0 aliphatic carbocycles. The first-order valence-electron chi connectivity index (χ1n) is 14.0. The molecule has 3 fully saturated rings. The summed E-state index contributed by atoms with van der Waals surface area (Å²) >= 11 is 0. The number of nitrogens with zero attached hydrogens (tertiary/aromatic N) is 3. The van der Waals surface area contributed by atoms with Crippen molar-refractivity contribution >= 4 is 11.6 Å². The van der Waals surface area contributed by atoms with Crippen LogP contribution in [0.4, 0.5) is 5.69 Å². The smallest absolute Gasteiger partial charge is 0.247 e. The summed E-state index contributed by atoms with van der Waals surface area (Å²) in [5, 5.41) is 0. The van der Waals surface area contributed by atoms with Gasteiger partial charge >= 0.3 is 0 Å². The molecule has 0 aromatic heterocycles. The monoisotopic (exact) mass is 509 g/mol. The average Bonchev–Trinajstić information content (AvgIpc) is 3.31. The summed E-state index contributed by atoms with van der Waals surface area (Å²) in [5.41, 5.74) is 4.59. The van der Waals surface area contributed by atoms with Crippen molar-refractivity contribution < 1.29 is 14.3 Å². The molecule has 2 bridgehead atoms. The standard InChI is InChI=1S/C32H35N3O3/c1-5-6-7-15-24(36)34-18-16-31-21-12-8-9-14-23(21)37-29-32(31)17-19-35(28(31)34)26(27-30(2,3)38-27)20-11-10-13-22(25(20)32)33(29)4/h5-15,26-29H,16-19H2,1-4H3/b6-5+,15-7+/t26-,27?,28+,29-,31-,32-/m0/s1. The molecule has 6 aliphatic heterocycles. The van der Waals surface area contributed by atoms with E-state index in [1.54, 1.807) is 6.08 Å². The molecular formula is C32H35N3O3. The van der Waals surface area contributed by atoms with Gasteiger partial charge in [0.2, 0.25) is 5.91 Å². The topological polar surface area (TPSA) is 48.6 Å². The summed E-state index contributed by atoms with van der Waals surface area (Å²) in [6.07, 6.45) is 9.30. The zero-order valence-corrected chi connectivity index (χ0v) is 22.6. The van der Waals surface area contributed by atoms with Crippen LogP contribution >= 0.6 is 0 Å². The molecule has 0 saturated carbocycles. The van der Waals surface area contributed by atoms with E-state index in [0.717, 1.165) is 31.7 Å². The van der Waals surface area contributed by atoms with Crippen molar-refractivity contribution in [3.8, 4) is 5.75 Å². The van der Waals surface area contributed by atoms with Crippen LogP contribution in [0.5, 0.6) is 5.75 Å². The Bertz CT molecular complexity index is 1430. The van der Waals surface area contributed by atoms with Gasteiger partial charge in [-0.15, -0.1) is 0 Å². The van der Waals surface area contributed by atoms with Gasteiger partial charge in [0.1, 0.15) is 11.9 Å². The number of rotatable bonds is 3. The van der Waals surface area contributed by atoms with Crippen LogP contribution in [0.25, 0.3) is 0 Å². The zero-order valence-electron chi connectivity index (χ0n) is 22.6. The second-order valence-electron chi connectivity index (χ2n) is 12.4. The first-order valence-corrected chi connectivity index (χ1v) is 14.0. The quantitative estimate of drug-likeness (QED) is 0.342. The lowest BCUT2D eigenvalue weighted by molar-refractivity contribution is -0.141. The second-order valence-corrected chi connectivity index (χ2v) is 12.4. The van der Waals surface area contributed by atoms with Crippen LogP contribution in [-0.4, -0.2) is 59.9 Å². The number of hydrogen-bond donors (Lipinski definition) is 0. The van der Waals surface area contributed by atoms with Gasteiger partial charge in [-0.05, 0) is 56.9 Å². The molecule has 8 rings (SSSR count). The second kappa shape index (κ2) is 7.30. The van der Waals surface area contributed by atoms with Crippen LogP contribution < -0.4 is 9.64 Å². The number of likely N-dealkylation sites (tertiary alicyclic amines) is 1. The lowest BCUT2D eigenvalue weighted by atomic mass is 9.51. The number of carbonyl (C=O) groups excluding carboxylic acids is 1. The molecule has 2 aromatic rings. The number of fused-ring (bicyclic) bond motifs is 1. The van der Waals surface area contributed by atoms with E-state index in [0.29, 0.717) is 0 Å². The molecule has 0 N–H and O–H groups in total. The van der Waals surface area contributed by atoms with Gasteiger partial charge in [0.15, 0.2) is 6.23 Å². The Morgan fingerprint density at radius 2 is 1.82 bits per heavy atom. The van der Waals surface area contributed by atoms with Crippen molar-refractivity contribution in [3.63, 3.8) is 0 Å². The maximum Gasteiger partial charge on any atom is 0.247 e. The molecule has 2 unspecified atom stereocenters.